The van der Waals surface area contributed by atoms with Crippen molar-refractivity contribution in [3.8, 4) is 0 Å². The zero-order valence-electron chi connectivity index (χ0n) is 17.2. The highest BCUT2D eigenvalue weighted by atomic mass is 33.1. The molecule has 176 valence electrons. The third-order valence-electron chi connectivity index (χ3n) is 3.85. The van der Waals surface area contributed by atoms with E-state index in [1.54, 1.807) is 10.8 Å². The topological polar surface area (TPSA) is 166 Å². The Morgan fingerprint density at radius 2 is 2.10 bits per heavy atom. The van der Waals surface area contributed by atoms with Crippen LogP contribution in [0.1, 0.15) is 39.0 Å². The average molecular weight is 519 g/mol. The van der Waals surface area contributed by atoms with Crippen molar-refractivity contribution in [1.82, 2.24) is 9.55 Å². The lowest BCUT2D eigenvalue weighted by molar-refractivity contribution is -0.0541. The summed E-state index contributed by atoms with van der Waals surface area (Å²) in [5, 5.41) is 0. The van der Waals surface area contributed by atoms with Crippen molar-refractivity contribution in [2.45, 2.75) is 57.3 Å². The third kappa shape index (κ3) is 8.73. The van der Waals surface area contributed by atoms with Gasteiger partial charge in [0.25, 0.3) is 5.56 Å². The van der Waals surface area contributed by atoms with Crippen molar-refractivity contribution in [2.75, 3.05) is 12.5 Å². The minimum absolute atomic E-state index is 0.00778. The monoisotopic (exact) mass is 519 g/mol. The fourth-order valence-electron chi connectivity index (χ4n) is 2.59. The summed E-state index contributed by atoms with van der Waals surface area (Å²) in [5.74, 6) is 0.272. The molecule has 3 N–H and O–H groups in total. The number of hydrogen-bond acceptors (Lipinski definition) is 10. The number of ether oxygens (including phenoxy) is 2. The van der Waals surface area contributed by atoms with Gasteiger partial charge in [-0.1, -0.05) is 42.4 Å². The smallest absolute Gasteiger partial charge is 0.364 e. The Bertz CT molecular complexity index is 947. The van der Waals surface area contributed by atoms with Crippen molar-refractivity contribution in [1.29, 1.82) is 0 Å². The summed E-state index contributed by atoms with van der Waals surface area (Å²) < 4.78 is 43.9. The molecule has 0 aromatic carbocycles. The van der Waals surface area contributed by atoms with E-state index < -0.39 is 52.4 Å². The molecule has 16 heteroatoms. The van der Waals surface area contributed by atoms with Crippen LogP contribution >= 0.6 is 37.7 Å². The van der Waals surface area contributed by atoms with E-state index in [0.717, 1.165) is 0 Å². The van der Waals surface area contributed by atoms with Gasteiger partial charge in [0, 0.05) is 27.5 Å². The Hall–Kier alpha value is -0.530. The molecule has 31 heavy (non-hydrogen) atoms. The second-order valence-corrected chi connectivity index (χ2v) is 13.0. The predicted molar refractivity (Wildman–Crippen MR) is 116 cm³/mol. The van der Waals surface area contributed by atoms with Crippen LogP contribution in [0.4, 0.5) is 0 Å². The number of nitrogens with one attached hydrogen (secondary N) is 1. The van der Waals surface area contributed by atoms with E-state index in [0.29, 0.717) is 5.56 Å². The Morgan fingerprint density at radius 1 is 1.42 bits per heavy atom. The second-order valence-electron chi connectivity index (χ2n) is 7.56. The number of rotatable bonds is 10. The number of aromatic nitrogens is 2. The molecule has 0 amide bonds. The van der Waals surface area contributed by atoms with Gasteiger partial charge in [-0.05, 0) is 11.2 Å². The molecule has 0 spiro atoms. The summed E-state index contributed by atoms with van der Waals surface area (Å²) in [5.41, 5.74) is -0.886. The SMILES string of the molecule is Cc1cn([C@H]2CC(OCSSC(C)(C)C)[C@@H](COP(=O)(O)O[P+](=O)O)O2)c(=O)[nH]c1=O. The zero-order chi connectivity index (χ0) is 23.4. The molecule has 1 aromatic heterocycles. The van der Waals surface area contributed by atoms with Gasteiger partial charge in [0.15, 0.2) is 0 Å². The lowest BCUT2D eigenvalue weighted by Crippen LogP contribution is -2.33. The van der Waals surface area contributed by atoms with Gasteiger partial charge in [0.05, 0.1) is 12.7 Å². The molecule has 0 aliphatic carbocycles. The molecular formula is C15H25N2O10P2S2+. The molecule has 2 heterocycles. The van der Waals surface area contributed by atoms with E-state index >= 15 is 0 Å². The molecule has 1 saturated heterocycles. The Morgan fingerprint density at radius 3 is 2.71 bits per heavy atom. The van der Waals surface area contributed by atoms with Crippen LogP contribution < -0.4 is 11.2 Å². The van der Waals surface area contributed by atoms with Crippen molar-refractivity contribution >= 4 is 37.7 Å². The molecular weight excluding hydrogens is 494 g/mol. The van der Waals surface area contributed by atoms with E-state index in [1.165, 1.54) is 28.5 Å². The van der Waals surface area contributed by atoms with Crippen LogP contribution in [0.15, 0.2) is 15.8 Å². The molecule has 1 aromatic rings. The molecule has 0 saturated carbocycles. The molecule has 1 aliphatic rings. The number of nitrogens with zero attached hydrogens (tertiary/aromatic N) is 1. The van der Waals surface area contributed by atoms with Gasteiger partial charge in [-0.2, -0.15) is 0 Å². The highest BCUT2D eigenvalue weighted by Gasteiger charge is 2.41. The van der Waals surface area contributed by atoms with Gasteiger partial charge < -0.3 is 9.47 Å². The summed E-state index contributed by atoms with van der Waals surface area (Å²) in [4.78, 5) is 44.1. The number of phosphoric acid groups is 1. The number of phosphoric ester groups is 1. The molecule has 12 nitrogen and oxygen atoms in total. The Balaban J connectivity index is 2.12. The van der Waals surface area contributed by atoms with Gasteiger partial charge in [-0.25, -0.2) is 9.36 Å². The fourth-order valence-corrected chi connectivity index (χ4v) is 5.83. The molecule has 2 rings (SSSR count). The van der Waals surface area contributed by atoms with Crippen molar-refractivity contribution in [3.05, 3.63) is 32.6 Å². The molecule has 0 radical (unpaired) electrons. The molecule has 0 bridgehead atoms. The summed E-state index contributed by atoms with van der Waals surface area (Å²) >= 11 is 0. The molecule has 1 aliphatic heterocycles. The first kappa shape index (κ1) is 26.7. The summed E-state index contributed by atoms with van der Waals surface area (Å²) in [6.45, 7) is 7.18. The predicted octanol–water partition coefficient (Wildman–Crippen LogP) is 2.44. The van der Waals surface area contributed by atoms with Crippen LogP contribution in [0.2, 0.25) is 0 Å². The number of aromatic amines is 1. The number of aryl methyl sites for hydroxylation is 1. The van der Waals surface area contributed by atoms with E-state index in [9.17, 15) is 23.6 Å². The quantitative estimate of drug-likeness (QED) is 0.179. The lowest BCUT2D eigenvalue weighted by Gasteiger charge is -2.20. The van der Waals surface area contributed by atoms with Crippen LogP contribution in [0.3, 0.4) is 0 Å². The Kier molecular flexibility index (Phi) is 9.53. The van der Waals surface area contributed by atoms with Gasteiger partial charge in [-0.15, -0.1) is 4.89 Å². The van der Waals surface area contributed by atoms with Gasteiger partial charge in [-0.3, -0.25) is 23.8 Å². The van der Waals surface area contributed by atoms with Gasteiger partial charge >= 0.3 is 21.8 Å². The first-order chi connectivity index (χ1) is 14.3. The van der Waals surface area contributed by atoms with Crippen molar-refractivity contribution in [3.63, 3.8) is 0 Å². The van der Waals surface area contributed by atoms with E-state index in [-0.39, 0.29) is 17.1 Å². The normalized spacial score (nSPS) is 24.2. The van der Waals surface area contributed by atoms with Crippen molar-refractivity contribution in [2.24, 2.45) is 0 Å². The van der Waals surface area contributed by atoms with E-state index in [4.69, 9.17) is 18.9 Å². The maximum atomic E-state index is 12.2. The van der Waals surface area contributed by atoms with Crippen LogP contribution in [-0.4, -0.2) is 48.8 Å². The summed E-state index contributed by atoms with van der Waals surface area (Å²) in [7, 11) is -5.07. The zero-order valence-corrected chi connectivity index (χ0v) is 20.7. The maximum absolute atomic E-state index is 12.2. The highest BCUT2D eigenvalue weighted by molar-refractivity contribution is 8.77. The van der Waals surface area contributed by atoms with Crippen LogP contribution in [-0.2, 0) is 27.4 Å². The van der Waals surface area contributed by atoms with E-state index in [1.807, 2.05) is 20.8 Å². The second kappa shape index (κ2) is 11.1. The molecule has 5 atom stereocenters. The van der Waals surface area contributed by atoms with Crippen LogP contribution in [0, 0.1) is 6.92 Å². The fraction of sp³-hybridized carbons (Fsp3) is 0.733. The van der Waals surface area contributed by atoms with E-state index in [2.05, 4.69) is 9.29 Å². The Labute approximate surface area is 187 Å². The standard InChI is InChI=1S/C15H24N2O10P2S2/c1-9-6-17(14(19)16-13(9)18)12-5-10(24-8-30-31-15(2,3)4)11(26-12)7-25-29(22,23)27-28(20)21/h6,10-12H,5,7-8H2,1-4H3,(H2-,16,18,19,20,21,22,23)/p+1/t10?,11-,12-/m1/s1. The third-order valence-corrected chi connectivity index (χ3v) is 8.70. The van der Waals surface area contributed by atoms with Gasteiger partial charge in [0.1, 0.15) is 18.3 Å². The first-order valence-electron chi connectivity index (χ1n) is 9.00. The van der Waals surface area contributed by atoms with Crippen LogP contribution in [0.25, 0.3) is 0 Å². The molecule has 1 fully saturated rings. The lowest BCUT2D eigenvalue weighted by atomic mass is 10.2. The first-order valence-corrected chi connectivity index (χ1v) is 13.9. The largest absolute Gasteiger partial charge is 0.705 e. The average Bonchev–Trinajstić information content (AvgIpc) is 3.01. The minimum Gasteiger partial charge on any atom is -0.364 e. The summed E-state index contributed by atoms with van der Waals surface area (Å²) in [6.07, 6.45) is -0.779. The van der Waals surface area contributed by atoms with Gasteiger partial charge in [0.2, 0.25) is 0 Å². The highest BCUT2D eigenvalue weighted by Crippen LogP contribution is 2.51. The number of hydrogen-bond donors (Lipinski definition) is 3. The maximum Gasteiger partial charge on any atom is 0.705 e. The van der Waals surface area contributed by atoms with Crippen molar-refractivity contribution < 1.29 is 37.2 Å². The number of H-pyrrole nitrogens is 1. The minimum atomic E-state index is -4.79. The molecule has 3 unspecified atom stereocenters. The van der Waals surface area contributed by atoms with Crippen LogP contribution in [0.5, 0.6) is 0 Å². The summed E-state index contributed by atoms with van der Waals surface area (Å²) in [6, 6.07) is 0.